The largest absolute Gasteiger partial charge is 0.383 e. The summed E-state index contributed by atoms with van der Waals surface area (Å²) < 4.78 is 54.8. The molecule has 1 aromatic heterocycles. The van der Waals surface area contributed by atoms with Crippen molar-refractivity contribution >= 4 is 38.7 Å². The third-order valence-electron chi connectivity index (χ3n) is 4.38. The lowest BCUT2D eigenvalue weighted by atomic mass is 9.93. The molecule has 0 atom stereocenters. The number of piperidine rings is 1. The number of hydrogen-bond acceptors (Lipinski definition) is 7. The SMILES string of the molecule is COCCNC(=O)C1(F)CCN(S(=O)(=O)c2cccc3nsnc23)CC1. The Labute approximate surface area is 154 Å². The van der Waals surface area contributed by atoms with Crippen LogP contribution in [0.2, 0.25) is 0 Å². The minimum Gasteiger partial charge on any atom is -0.383 e. The maximum Gasteiger partial charge on any atom is 0.257 e. The number of nitrogens with zero attached hydrogens (tertiary/aromatic N) is 3. The number of halogens is 1. The smallest absolute Gasteiger partial charge is 0.257 e. The summed E-state index contributed by atoms with van der Waals surface area (Å²) in [6.07, 6.45) is -0.396. The van der Waals surface area contributed by atoms with E-state index in [1.54, 1.807) is 12.1 Å². The first-order valence-electron chi connectivity index (χ1n) is 8.06. The van der Waals surface area contributed by atoms with E-state index in [-0.39, 0.29) is 44.0 Å². The molecule has 1 amide bonds. The van der Waals surface area contributed by atoms with Gasteiger partial charge in [-0.1, -0.05) is 6.07 Å². The molecular formula is C15H19FN4O4S2. The molecule has 1 aromatic carbocycles. The van der Waals surface area contributed by atoms with E-state index in [4.69, 9.17) is 4.74 Å². The van der Waals surface area contributed by atoms with Crippen LogP contribution in [0.3, 0.4) is 0 Å². The van der Waals surface area contributed by atoms with Gasteiger partial charge in [-0.2, -0.15) is 13.1 Å². The summed E-state index contributed by atoms with van der Waals surface area (Å²) in [5.41, 5.74) is -1.26. The molecule has 1 saturated heterocycles. The highest BCUT2D eigenvalue weighted by molar-refractivity contribution is 7.89. The van der Waals surface area contributed by atoms with Gasteiger partial charge in [-0.3, -0.25) is 4.79 Å². The molecule has 142 valence electrons. The monoisotopic (exact) mass is 402 g/mol. The summed E-state index contributed by atoms with van der Waals surface area (Å²) in [6.45, 7) is 0.338. The third kappa shape index (κ3) is 3.56. The molecule has 8 nitrogen and oxygen atoms in total. The Kier molecular flexibility index (Phi) is 5.51. The zero-order valence-corrected chi connectivity index (χ0v) is 15.8. The van der Waals surface area contributed by atoms with Gasteiger partial charge in [0.15, 0.2) is 5.67 Å². The molecule has 11 heteroatoms. The summed E-state index contributed by atoms with van der Waals surface area (Å²) in [4.78, 5) is 12.1. The van der Waals surface area contributed by atoms with Crippen LogP contribution < -0.4 is 5.32 Å². The molecule has 1 aliphatic rings. The normalized spacial score (nSPS) is 18.1. The predicted octanol–water partition coefficient (Wildman–Crippen LogP) is 0.947. The van der Waals surface area contributed by atoms with Crippen molar-refractivity contribution in [3.63, 3.8) is 0 Å². The first-order chi connectivity index (χ1) is 12.4. The van der Waals surface area contributed by atoms with Crippen molar-refractivity contribution in [3.8, 4) is 0 Å². The van der Waals surface area contributed by atoms with Crippen LogP contribution >= 0.6 is 11.7 Å². The highest BCUT2D eigenvalue weighted by atomic mass is 32.2. The fourth-order valence-electron chi connectivity index (χ4n) is 2.86. The van der Waals surface area contributed by atoms with E-state index in [1.165, 1.54) is 17.5 Å². The van der Waals surface area contributed by atoms with Crippen LogP contribution in [-0.2, 0) is 19.6 Å². The van der Waals surface area contributed by atoms with Crippen molar-refractivity contribution in [2.24, 2.45) is 0 Å². The summed E-state index contributed by atoms with van der Waals surface area (Å²) in [5.74, 6) is -0.725. The number of rotatable bonds is 6. The molecule has 2 aromatic rings. The number of methoxy groups -OCH3 is 1. The van der Waals surface area contributed by atoms with Gasteiger partial charge in [0.1, 0.15) is 15.9 Å². The van der Waals surface area contributed by atoms with Crippen LogP contribution in [0.5, 0.6) is 0 Å². The predicted molar refractivity (Wildman–Crippen MR) is 94.1 cm³/mol. The standard InChI is InChI=1S/C15H19FN4O4S2/c1-24-10-7-17-14(21)15(16)5-8-20(9-6-15)26(22,23)12-4-2-3-11-13(12)19-25-18-11/h2-4H,5-10H2,1H3,(H,17,21). The van der Waals surface area contributed by atoms with Crippen molar-refractivity contribution in [1.29, 1.82) is 0 Å². The molecule has 26 heavy (non-hydrogen) atoms. The van der Waals surface area contributed by atoms with Crippen LogP contribution in [0.15, 0.2) is 23.1 Å². The zero-order chi connectivity index (χ0) is 18.8. The number of ether oxygens (including phenoxy) is 1. The van der Waals surface area contributed by atoms with Gasteiger partial charge in [0.25, 0.3) is 5.91 Å². The van der Waals surface area contributed by atoms with Crippen LogP contribution in [0.25, 0.3) is 11.0 Å². The van der Waals surface area contributed by atoms with Gasteiger partial charge in [0.05, 0.1) is 18.3 Å². The van der Waals surface area contributed by atoms with Gasteiger partial charge in [0.2, 0.25) is 10.0 Å². The number of nitrogens with one attached hydrogen (secondary N) is 1. The summed E-state index contributed by atoms with van der Waals surface area (Å²) >= 11 is 0.937. The second-order valence-electron chi connectivity index (χ2n) is 6.01. The Morgan fingerprint density at radius 3 is 2.81 bits per heavy atom. The van der Waals surface area contributed by atoms with Gasteiger partial charge < -0.3 is 10.1 Å². The minimum absolute atomic E-state index is 0.0552. The molecule has 0 bridgehead atoms. The highest BCUT2D eigenvalue weighted by Gasteiger charge is 2.44. The Balaban J connectivity index is 1.73. The van der Waals surface area contributed by atoms with E-state index in [0.29, 0.717) is 11.0 Å². The first-order valence-corrected chi connectivity index (χ1v) is 10.2. The summed E-state index contributed by atoms with van der Waals surface area (Å²) in [6, 6.07) is 4.75. The van der Waals surface area contributed by atoms with E-state index in [1.807, 2.05) is 0 Å². The first kappa shape index (κ1) is 19.1. The number of aromatic nitrogens is 2. The van der Waals surface area contributed by atoms with Gasteiger partial charge in [-0.15, -0.1) is 0 Å². The van der Waals surface area contributed by atoms with E-state index < -0.39 is 21.6 Å². The Hall–Kier alpha value is -1.69. The Morgan fingerprint density at radius 1 is 1.38 bits per heavy atom. The average Bonchev–Trinajstić information content (AvgIpc) is 3.10. The fourth-order valence-corrected chi connectivity index (χ4v) is 5.06. The van der Waals surface area contributed by atoms with E-state index >= 15 is 0 Å². The molecule has 0 unspecified atom stereocenters. The molecule has 3 rings (SSSR count). The topological polar surface area (TPSA) is 101 Å². The second-order valence-corrected chi connectivity index (χ2v) is 8.44. The molecule has 2 heterocycles. The molecule has 0 aliphatic carbocycles. The lowest BCUT2D eigenvalue weighted by Crippen LogP contribution is -2.52. The van der Waals surface area contributed by atoms with Crippen LogP contribution in [-0.4, -0.2) is 66.4 Å². The zero-order valence-electron chi connectivity index (χ0n) is 14.1. The number of amides is 1. The number of alkyl halides is 1. The maximum atomic E-state index is 14.9. The number of fused-ring (bicyclic) bond motifs is 1. The minimum atomic E-state index is -3.84. The molecule has 1 fully saturated rings. The van der Waals surface area contributed by atoms with Gasteiger partial charge >= 0.3 is 0 Å². The lowest BCUT2D eigenvalue weighted by Gasteiger charge is -2.34. The summed E-state index contributed by atoms with van der Waals surface area (Å²) in [7, 11) is -2.35. The molecule has 0 spiro atoms. The highest BCUT2D eigenvalue weighted by Crippen LogP contribution is 2.31. The van der Waals surface area contributed by atoms with Gasteiger partial charge in [0, 0.05) is 39.6 Å². The maximum absolute atomic E-state index is 14.9. The van der Waals surface area contributed by atoms with Crippen LogP contribution in [0.4, 0.5) is 4.39 Å². The van der Waals surface area contributed by atoms with Crippen molar-refractivity contribution in [2.45, 2.75) is 23.4 Å². The van der Waals surface area contributed by atoms with Gasteiger partial charge in [-0.05, 0) is 12.1 Å². The Morgan fingerprint density at radius 2 is 2.12 bits per heavy atom. The van der Waals surface area contributed by atoms with Crippen molar-refractivity contribution in [2.75, 3.05) is 33.4 Å². The average molecular weight is 402 g/mol. The van der Waals surface area contributed by atoms with Crippen LogP contribution in [0, 0.1) is 0 Å². The second kappa shape index (κ2) is 7.51. The summed E-state index contributed by atoms with van der Waals surface area (Å²) in [5, 5.41) is 2.48. The number of hydrogen-bond donors (Lipinski definition) is 1. The molecular weight excluding hydrogens is 383 g/mol. The number of sulfonamides is 1. The number of carbonyl (C=O) groups excluding carboxylic acids is 1. The molecule has 1 aliphatic heterocycles. The quantitative estimate of drug-likeness (QED) is 0.722. The Bertz CT molecular complexity index is 894. The fraction of sp³-hybridized carbons (Fsp3) is 0.533. The third-order valence-corrected chi connectivity index (χ3v) is 6.85. The molecule has 0 radical (unpaired) electrons. The van der Waals surface area contributed by atoms with Crippen molar-refractivity contribution in [1.82, 2.24) is 18.4 Å². The number of carbonyl (C=O) groups is 1. The van der Waals surface area contributed by atoms with E-state index in [2.05, 4.69) is 14.1 Å². The number of benzene rings is 1. The lowest BCUT2D eigenvalue weighted by molar-refractivity contribution is -0.135. The van der Waals surface area contributed by atoms with Crippen molar-refractivity contribution in [3.05, 3.63) is 18.2 Å². The van der Waals surface area contributed by atoms with Crippen LogP contribution in [0.1, 0.15) is 12.8 Å². The van der Waals surface area contributed by atoms with Gasteiger partial charge in [-0.25, -0.2) is 12.8 Å². The van der Waals surface area contributed by atoms with Crippen molar-refractivity contribution < 1.29 is 22.3 Å². The van der Waals surface area contributed by atoms with E-state index in [9.17, 15) is 17.6 Å². The van der Waals surface area contributed by atoms with E-state index in [0.717, 1.165) is 11.7 Å². The molecule has 1 N–H and O–H groups in total. The molecule has 0 saturated carbocycles.